The van der Waals surface area contributed by atoms with Gasteiger partial charge < -0.3 is 10.6 Å². The molecule has 4 nitrogen and oxygen atoms in total. The highest BCUT2D eigenvalue weighted by Crippen LogP contribution is 2.21. The molecule has 1 aromatic carbocycles. The van der Waals surface area contributed by atoms with E-state index in [9.17, 15) is 4.79 Å². The van der Waals surface area contributed by atoms with E-state index < -0.39 is 0 Å². The molecular formula is C17H23Cl2N3O. The van der Waals surface area contributed by atoms with Crippen LogP contribution in [0.5, 0.6) is 0 Å². The number of aromatic nitrogens is 1. The van der Waals surface area contributed by atoms with Gasteiger partial charge in [0.2, 0.25) is 5.91 Å². The third-order valence-electron chi connectivity index (χ3n) is 3.40. The molecule has 2 atom stereocenters. The smallest absolute Gasteiger partial charge is 0.224 e. The molecule has 0 bridgehead atoms. The van der Waals surface area contributed by atoms with E-state index in [2.05, 4.69) is 15.6 Å². The van der Waals surface area contributed by atoms with Crippen LogP contribution in [0.4, 0.5) is 0 Å². The number of carbonyl (C=O) groups excluding carboxylic acids is 1. The summed E-state index contributed by atoms with van der Waals surface area (Å²) in [6.07, 6.45) is 3.53. The second-order valence-electron chi connectivity index (χ2n) is 5.10. The van der Waals surface area contributed by atoms with Crippen molar-refractivity contribution in [1.29, 1.82) is 0 Å². The number of nitrogens with zero attached hydrogens (tertiary/aromatic N) is 1. The minimum Gasteiger partial charge on any atom is -0.345 e. The molecule has 6 heteroatoms. The molecule has 1 amide bonds. The number of amides is 1. The van der Waals surface area contributed by atoms with Gasteiger partial charge in [0.05, 0.1) is 6.04 Å². The van der Waals surface area contributed by atoms with E-state index in [0.717, 1.165) is 11.1 Å². The Balaban J connectivity index is 0.00000242. The van der Waals surface area contributed by atoms with E-state index in [1.165, 1.54) is 0 Å². The highest BCUT2D eigenvalue weighted by molar-refractivity contribution is 5.85. The number of hydrogen-bond donors (Lipinski definition) is 2. The zero-order valence-corrected chi connectivity index (χ0v) is 14.9. The largest absolute Gasteiger partial charge is 0.345 e. The van der Waals surface area contributed by atoms with Crippen LogP contribution < -0.4 is 10.6 Å². The van der Waals surface area contributed by atoms with Gasteiger partial charge in [0, 0.05) is 24.9 Å². The first kappa shape index (κ1) is 21.4. The van der Waals surface area contributed by atoms with Crippen molar-refractivity contribution in [2.24, 2.45) is 5.92 Å². The van der Waals surface area contributed by atoms with E-state index in [-0.39, 0.29) is 42.7 Å². The van der Waals surface area contributed by atoms with Gasteiger partial charge in [-0.3, -0.25) is 9.78 Å². The second-order valence-corrected chi connectivity index (χ2v) is 5.10. The van der Waals surface area contributed by atoms with E-state index >= 15 is 0 Å². The Morgan fingerprint density at radius 1 is 1.09 bits per heavy atom. The molecule has 23 heavy (non-hydrogen) atoms. The third-order valence-corrected chi connectivity index (χ3v) is 3.40. The topological polar surface area (TPSA) is 54.0 Å². The summed E-state index contributed by atoms with van der Waals surface area (Å²) in [5, 5.41) is 6.14. The Bertz CT molecular complexity index is 527. The molecule has 1 aromatic heterocycles. The maximum Gasteiger partial charge on any atom is 0.224 e. The number of carbonyl (C=O) groups is 1. The van der Waals surface area contributed by atoms with Crippen LogP contribution in [0.25, 0.3) is 0 Å². The molecule has 0 spiro atoms. The van der Waals surface area contributed by atoms with Crippen molar-refractivity contribution in [3.8, 4) is 0 Å². The summed E-state index contributed by atoms with van der Waals surface area (Å²) in [6, 6.07) is 13.6. The first-order valence-corrected chi connectivity index (χ1v) is 7.12. The lowest BCUT2D eigenvalue weighted by Gasteiger charge is -2.21. The van der Waals surface area contributed by atoms with Gasteiger partial charge in [-0.25, -0.2) is 0 Å². The molecule has 0 aliphatic rings. The fraction of sp³-hybridized carbons (Fsp3) is 0.294. The van der Waals surface area contributed by atoms with Gasteiger partial charge in [-0.05, 0) is 24.2 Å². The molecule has 0 saturated carbocycles. The highest BCUT2D eigenvalue weighted by Gasteiger charge is 2.20. The molecule has 0 aliphatic carbocycles. The minimum atomic E-state index is -0.174. The van der Waals surface area contributed by atoms with Gasteiger partial charge in [-0.1, -0.05) is 43.3 Å². The fourth-order valence-electron chi connectivity index (χ4n) is 2.23. The number of hydrogen-bond acceptors (Lipinski definition) is 3. The Labute approximate surface area is 149 Å². The first-order chi connectivity index (χ1) is 10.2. The molecule has 2 rings (SSSR count). The second kappa shape index (κ2) is 11.0. The van der Waals surface area contributed by atoms with Crippen LogP contribution in [0.1, 0.15) is 24.1 Å². The van der Waals surface area contributed by atoms with Crippen molar-refractivity contribution in [3.63, 3.8) is 0 Å². The predicted octanol–water partition coefficient (Wildman–Crippen LogP) is 2.99. The zero-order chi connectivity index (χ0) is 15.1. The molecule has 1 heterocycles. The Kier molecular flexibility index (Phi) is 10.2. The number of halogens is 2. The van der Waals surface area contributed by atoms with Crippen molar-refractivity contribution >= 4 is 30.7 Å². The zero-order valence-electron chi connectivity index (χ0n) is 13.2. The maximum atomic E-state index is 12.3. The predicted molar refractivity (Wildman–Crippen MR) is 98.3 cm³/mol. The van der Waals surface area contributed by atoms with Gasteiger partial charge in [0.1, 0.15) is 0 Å². The van der Waals surface area contributed by atoms with Crippen LogP contribution in [0, 0.1) is 5.92 Å². The number of rotatable bonds is 6. The molecule has 2 unspecified atom stereocenters. The van der Waals surface area contributed by atoms with Crippen LogP contribution in [-0.4, -0.2) is 24.5 Å². The van der Waals surface area contributed by atoms with Crippen molar-refractivity contribution in [2.45, 2.75) is 13.0 Å². The van der Waals surface area contributed by atoms with Crippen LogP contribution in [0.2, 0.25) is 0 Å². The lowest BCUT2D eigenvalue weighted by molar-refractivity contribution is -0.124. The average molecular weight is 356 g/mol. The third kappa shape index (κ3) is 6.18. The monoisotopic (exact) mass is 355 g/mol. The molecule has 2 aromatic rings. The normalized spacial score (nSPS) is 12.3. The van der Waals surface area contributed by atoms with Gasteiger partial charge in [0.15, 0.2) is 0 Å². The molecule has 0 saturated heterocycles. The highest BCUT2D eigenvalue weighted by atomic mass is 35.5. The minimum absolute atomic E-state index is 0. The first-order valence-electron chi connectivity index (χ1n) is 7.12. The molecule has 0 aliphatic heterocycles. The maximum absolute atomic E-state index is 12.3. The van der Waals surface area contributed by atoms with E-state index in [1.807, 2.05) is 56.4 Å². The number of benzene rings is 1. The van der Waals surface area contributed by atoms with Gasteiger partial charge >= 0.3 is 0 Å². The van der Waals surface area contributed by atoms with Gasteiger partial charge in [-0.15, -0.1) is 24.8 Å². The summed E-state index contributed by atoms with van der Waals surface area (Å²) >= 11 is 0. The van der Waals surface area contributed by atoms with Crippen LogP contribution in [-0.2, 0) is 4.79 Å². The summed E-state index contributed by atoms with van der Waals surface area (Å²) in [4.78, 5) is 16.5. The lowest BCUT2D eigenvalue weighted by Crippen LogP contribution is -2.37. The van der Waals surface area contributed by atoms with Crippen LogP contribution in [0.3, 0.4) is 0 Å². The number of pyridine rings is 1. The summed E-state index contributed by atoms with van der Waals surface area (Å²) in [7, 11) is 1.85. The lowest BCUT2D eigenvalue weighted by atomic mass is 9.99. The van der Waals surface area contributed by atoms with Crippen molar-refractivity contribution < 1.29 is 4.79 Å². The van der Waals surface area contributed by atoms with Crippen molar-refractivity contribution in [2.75, 3.05) is 13.6 Å². The van der Waals surface area contributed by atoms with Crippen LogP contribution >= 0.6 is 24.8 Å². The summed E-state index contributed by atoms with van der Waals surface area (Å²) in [5.41, 5.74) is 2.03. The Hall–Kier alpha value is -1.62. The molecule has 2 N–H and O–H groups in total. The number of nitrogens with one attached hydrogen (secondary N) is 2. The molecule has 0 radical (unpaired) electrons. The van der Waals surface area contributed by atoms with Crippen molar-refractivity contribution in [3.05, 3.63) is 66.0 Å². The molecule has 126 valence electrons. The Morgan fingerprint density at radius 2 is 1.74 bits per heavy atom. The summed E-state index contributed by atoms with van der Waals surface area (Å²) in [5.74, 6) is -0.0556. The Morgan fingerprint density at radius 3 is 2.30 bits per heavy atom. The SMILES string of the molecule is CNCC(C)C(=O)NC(c1ccccc1)c1cccnc1.Cl.Cl. The standard InChI is InChI=1S/C17H21N3O.2ClH/c1-13(11-18-2)17(21)20-16(14-7-4-3-5-8-14)15-9-6-10-19-12-15;;/h3-10,12-13,16,18H,11H2,1-2H3,(H,20,21);2*1H. The quantitative estimate of drug-likeness (QED) is 0.837. The van der Waals surface area contributed by atoms with E-state index in [1.54, 1.807) is 12.4 Å². The van der Waals surface area contributed by atoms with Crippen LogP contribution in [0.15, 0.2) is 54.9 Å². The fourth-order valence-corrected chi connectivity index (χ4v) is 2.23. The van der Waals surface area contributed by atoms with Gasteiger partial charge in [-0.2, -0.15) is 0 Å². The summed E-state index contributed by atoms with van der Waals surface area (Å²) < 4.78 is 0. The van der Waals surface area contributed by atoms with E-state index in [0.29, 0.717) is 6.54 Å². The van der Waals surface area contributed by atoms with Crippen molar-refractivity contribution in [1.82, 2.24) is 15.6 Å². The summed E-state index contributed by atoms with van der Waals surface area (Å²) in [6.45, 7) is 2.57. The van der Waals surface area contributed by atoms with Gasteiger partial charge in [0.25, 0.3) is 0 Å². The van der Waals surface area contributed by atoms with E-state index in [4.69, 9.17) is 0 Å². The average Bonchev–Trinajstić information content (AvgIpc) is 2.54. The molecular weight excluding hydrogens is 333 g/mol. The molecule has 0 fully saturated rings.